The molecule has 0 saturated carbocycles. The number of aromatic amines is 1. The minimum atomic E-state index is 0. The zero-order valence-corrected chi connectivity index (χ0v) is 11.3. The van der Waals surface area contributed by atoms with E-state index in [1.165, 1.54) is 38.0 Å². The molecule has 1 saturated heterocycles. The van der Waals surface area contributed by atoms with Crippen LogP contribution in [0.15, 0.2) is 18.3 Å². The summed E-state index contributed by atoms with van der Waals surface area (Å²) in [7, 11) is 0. The molecule has 1 fully saturated rings. The fraction of sp³-hybridized carbons (Fsp3) is 0.692. The van der Waals surface area contributed by atoms with Crippen LogP contribution in [0.3, 0.4) is 0 Å². The highest BCUT2D eigenvalue weighted by Crippen LogP contribution is 2.18. The van der Waals surface area contributed by atoms with E-state index < -0.39 is 0 Å². The zero-order valence-electron chi connectivity index (χ0n) is 10.4. The monoisotopic (exact) mass is 258 g/mol. The summed E-state index contributed by atoms with van der Waals surface area (Å²) >= 11 is 0. The van der Waals surface area contributed by atoms with Crippen LogP contribution in [0.5, 0.6) is 0 Å². The normalized spacial score (nSPS) is 21.8. The second-order valence-corrected chi connectivity index (χ2v) is 4.64. The molecule has 1 aliphatic heterocycles. The number of hydrogen-bond acceptors (Lipinski definition) is 2. The van der Waals surface area contributed by atoms with E-state index in [9.17, 15) is 0 Å². The van der Waals surface area contributed by atoms with Crippen LogP contribution in [0.25, 0.3) is 0 Å². The lowest BCUT2D eigenvalue weighted by molar-refractivity contribution is 0.0516. The molecule has 0 spiro atoms. The summed E-state index contributed by atoms with van der Waals surface area (Å²) in [5, 5.41) is 3.44. The summed E-state index contributed by atoms with van der Waals surface area (Å²) in [6.07, 6.45) is 5.98. The maximum absolute atomic E-state index is 5.83. The average Bonchev–Trinajstić information content (AvgIpc) is 2.84. The molecule has 0 radical (unpaired) electrons. The Morgan fingerprint density at radius 1 is 1.53 bits per heavy atom. The summed E-state index contributed by atoms with van der Waals surface area (Å²) in [4.78, 5) is 3.19. The zero-order chi connectivity index (χ0) is 11.2. The van der Waals surface area contributed by atoms with Gasteiger partial charge in [-0.05, 0) is 57.3 Å². The lowest BCUT2D eigenvalue weighted by Crippen LogP contribution is -2.30. The molecule has 2 atom stereocenters. The number of halogens is 1. The molecule has 2 rings (SSSR count). The second-order valence-electron chi connectivity index (χ2n) is 4.64. The Bertz CT molecular complexity index is 284. The van der Waals surface area contributed by atoms with Gasteiger partial charge in [-0.1, -0.05) is 0 Å². The highest BCUT2D eigenvalue weighted by Gasteiger charge is 2.13. The number of rotatable bonds is 5. The van der Waals surface area contributed by atoms with Crippen molar-refractivity contribution in [2.24, 2.45) is 5.92 Å². The Labute approximate surface area is 110 Å². The Morgan fingerprint density at radius 3 is 3.06 bits per heavy atom. The summed E-state index contributed by atoms with van der Waals surface area (Å²) in [5.74, 6) is 0.810. The number of ether oxygens (including phenoxy) is 1. The van der Waals surface area contributed by atoms with E-state index >= 15 is 0 Å². The first-order valence-corrected chi connectivity index (χ1v) is 6.32. The Morgan fingerprint density at radius 2 is 2.41 bits per heavy atom. The van der Waals surface area contributed by atoms with Crippen molar-refractivity contribution in [3.63, 3.8) is 0 Å². The average molecular weight is 259 g/mol. The van der Waals surface area contributed by atoms with E-state index in [0.717, 1.165) is 12.5 Å². The maximum Gasteiger partial charge on any atom is 0.0944 e. The molecule has 0 amide bonds. The Balaban J connectivity index is 0.00000144. The third-order valence-electron chi connectivity index (χ3n) is 3.35. The molecule has 17 heavy (non-hydrogen) atoms. The molecule has 2 heterocycles. The second kappa shape index (κ2) is 7.75. The van der Waals surface area contributed by atoms with Gasteiger partial charge in [0.15, 0.2) is 0 Å². The molecule has 0 bridgehead atoms. The molecular formula is C13H23ClN2O. The van der Waals surface area contributed by atoms with E-state index in [-0.39, 0.29) is 18.5 Å². The van der Waals surface area contributed by atoms with Gasteiger partial charge in [0.05, 0.1) is 6.10 Å². The van der Waals surface area contributed by atoms with E-state index in [1.54, 1.807) is 0 Å². The van der Waals surface area contributed by atoms with Gasteiger partial charge in [0, 0.05) is 18.5 Å². The predicted molar refractivity (Wildman–Crippen MR) is 72.6 cm³/mol. The van der Waals surface area contributed by atoms with E-state index in [4.69, 9.17) is 4.74 Å². The molecule has 3 nitrogen and oxygen atoms in total. The summed E-state index contributed by atoms with van der Waals surface area (Å²) < 4.78 is 5.83. The summed E-state index contributed by atoms with van der Waals surface area (Å²) in [6.45, 7) is 5.33. The number of nitrogens with one attached hydrogen (secondary N) is 2. The van der Waals surface area contributed by atoms with Crippen molar-refractivity contribution >= 4 is 12.4 Å². The number of piperidine rings is 1. The largest absolute Gasteiger partial charge is 0.372 e. The van der Waals surface area contributed by atoms with Crippen molar-refractivity contribution in [1.82, 2.24) is 10.3 Å². The molecule has 4 heteroatoms. The number of H-pyrrole nitrogens is 1. The topological polar surface area (TPSA) is 37.0 Å². The molecule has 2 unspecified atom stereocenters. The number of hydrogen-bond donors (Lipinski definition) is 2. The van der Waals surface area contributed by atoms with Crippen molar-refractivity contribution in [2.45, 2.75) is 32.3 Å². The van der Waals surface area contributed by atoms with Crippen molar-refractivity contribution in [3.8, 4) is 0 Å². The van der Waals surface area contributed by atoms with Gasteiger partial charge in [-0.3, -0.25) is 0 Å². The van der Waals surface area contributed by atoms with Crippen molar-refractivity contribution < 1.29 is 4.74 Å². The Hall–Kier alpha value is -0.510. The van der Waals surface area contributed by atoms with E-state index in [0.29, 0.717) is 0 Å². The maximum atomic E-state index is 5.83. The Kier molecular flexibility index (Phi) is 6.63. The van der Waals surface area contributed by atoms with Crippen LogP contribution in [-0.2, 0) is 4.74 Å². The highest BCUT2D eigenvalue weighted by atomic mass is 35.5. The van der Waals surface area contributed by atoms with E-state index in [2.05, 4.69) is 23.3 Å². The van der Waals surface area contributed by atoms with Crippen molar-refractivity contribution in [1.29, 1.82) is 0 Å². The standard InChI is InChI=1S/C13H22N2O.ClH/c1-11(13-5-3-8-15-13)16-9-6-12-4-2-7-14-10-12;/h3,5,8,11-12,14-15H,2,4,6-7,9-10H2,1H3;1H. The van der Waals surface area contributed by atoms with Crippen LogP contribution >= 0.6 is 12.4 Å². The van der Waals surface area contributed by atoms with Gasteiger partial charge in [0.25, 0.3) is 0 Å². The van der Waals surface area contributed by atoms with Crippen LogP contribution in [0.4, 0.5) is 0 Å². The van der Waals surface area contributed by atoms with Crippen LogP contribution in [0, 0.1) is 5.92 Å². The van der Waals surface area contributed by atoms with Gasteiger partial charge >= 0.3 is 0 Å². The minimum absolute atomic E-state index is 0. The molecule has 0 aliphatic carbocycles. The number of aromatic nitrogens is 1. The molecular weight excluding hydrogens is 236 g/mol. The van der Waals surface area contributed by atoms with Gasteiger partial charge in [-0.2, -0.15) is 0 Å². The smallest absolute Gasteiger partial charge is 0.0944 e. The first-order chi connectivity index (χ1) is 7.86. The minimum Gasteiger partial charge on any atom is -0.372 e. The third kappa shape index (κ3) is 4.70. The lowest BCUT2D eigenvalue weighted by atomic mass is 9.97. The van der Waals surface area contributed by atoms with Crippen LogP contribution in [0.1, 0.15) is 38.0 Å². The van der Waals surface area contributed by atoms with Crippen LogP contribution in [0.2, 0.25) is 0 Å². The van der Waals surface area contributed by atoms with Gasteiger partial charge in [0.2, 0.25) is 0 Å². The van der Waals surface area contributed by atoms with Gasteiger partial charge in [-0.15, -0.1) is 12.4 Å². The molecule has 1 aromatic heterocycles. The first kappa shape index (κ1) is 14.6. The predicted octanol–water partition coefficient (Wildman–Crippen LogP) is 2.90. The SMILES string of the molecule is CC(OCCC1CCCNC1)c1ccc[nH]1.Cl. The van der Waals surface area contributed by atoms with Gasteiger partial charge in [0.1, 0.15) is 0 Å². The highest BCUT2D eigenvalue weighted by molar-refractivity contribution is 5.85. The molecule has 1 aliphatic rings. The third-order valence-corrected chi connectivity index (χ3v) is 3.35. The van der Waals surface area contributed by atoms with Crippen molar-refractivity contribution in [2.75, 3.05) is 19.7 Å². The quantitative estimate of drug-likeness (QED) is 0.852. The lowest BCUT2D eigenvalue weighted by Gasteiger charge is -2.23. The van der Waals surface area contributed by atoms with Crippen LogP contribution < -0.4 is 5.32 Å². The summed E-state index contributed by atoms with van der Waals surface area (Å²) in [5.41, 5.74) is 1.17. The van der Waals surface area contributed by atoms with Crippen LogP contribution in [-0.4, -0.2) is 24.7 Å². The molecule has 98 valence electrons. The van der Waals surface area contributed by atoms with Crippen molar-refractivity contribution in [3.05, 3.63) is 24.0 Å². The first-order valence-electron chi connectivity index (χ1n) is 6.32. The molecule has 0 aromatic carbocycles. The molecule has 1 aromatic rings. The fourth-order valence-corrected chi connectivity index (χ4v) is 2.27. The molecule has 2 N–H and O–H groups in total. The summed E-state index contributed by atoms with van der Waals surface area (Å²) in [6, 6.07) is 4.09. The van der Waals surface area contributed by atoms with Gasteiger partial charge < -0.3 is 15.0 Å². The van der Waals surface area contributed by atoms with E-state index in [1.807, 2.05) is 12.3 Å². The van der Waals surface area contributed by atoms with Gasteiger partial charge in [-0.25, -0.2) is 0 Å². The fourth-order valence-electron chi connectivity index (χ4n) is 2.27.